The van der Waals surface area contributed by atoms with Crippen molar-refractivity contribution in [3.63, 3.8) is 0 Å². The highest BCUT2D eigenvalue weighted by Crippen LogP contribution is 2.23. The Bertz CT molecular complexity index is 554. The van der Waals surface area contributed by atoms with Crippen molar-refractivity contribution in [3.8, 4) is 0 Å². The van der Waals surface area contributed by atoms with Crippen LogP contribution in [0.4, 0.5) is 0 Å². The van der Waals surface area contributed by atoms with Gasteiger partial charge in [-0.25, -0.2) is 0 Å². The van der Waals surface area contributed by atoms with Crippen LogP contribution in [0.1, 0.15) is 22.3 Å². The molecule has 1 N–H and O–H groups in total. The van der Waals surface area contributed by atoms with Gasteiger partial charge in [0.25, 0.3) is 0 Å². The Labute approximate surface area is 130 Å². The molecule has 2 rings (SSSR count). The number of benzene rings is 2. The van der Waals surface area contributed by atoms with Crippen LogP contribution in [0.5, 0.6) is 0 Å². The number of hydrogen-bond acceptors (Lipinski definition) is 1. The highest BCUT2D eigenvalue weighted by Gasteiger charge is 2.09. The first-order valence-electron chi connectivity index (χ1n) is 6.64. The SMILES string of the molecule is Cc1ccc(CC(O)Cc2ccc(Cl)c(Cl)c2)cc1C. The average Bonchev–Trinajstić information content (AvgIpc) is 2.38. The molecule has 2 aromatic rings. The molecule has 0 heterocycles. The predicted octanol–water partition coefficient (Wildman–Crippen LogP) is 4.76. The van der Waals surface area contributed by atoms with Crippen molar-refractivity contribution in [1.29, 1.82) is 0 Å². The summed E-state index contributed by atoms with van der Waals surface area (Å²) in [6.07, 6.45) is 0.792. The maximum Gasteiger partial charge on any atom is 0.0620 e. The Balaban J connectivity index is 2.02. The Morgan fingerprint density at radius 1 is 0.850 bits per heavy atom. The summed E-state index contributed by atoms with van der Waals surface area (Å²) in [6, 6.07) is 11.8. The van der Waals surface area contributed by atoms with Crippen LogP contribution < -0.4 is 0 Å². The third kappa shape index (κ3) is 3.99. The summed E-state index contributed by atoms with van der Waals surface area (Å²) in [7, 11) is 0. The van der Waals surface area contributed by atoms with Crippen molar-refractivity contribution in [1.82, 2.24) is 0 Å². The van der Waals surface area contributed by atoms with Crippen LogP contribution in [0.3, 0.4) is 0 Å². The van der Waals surface area contributed by atoms with E-state index in [0.29, 0.717) is 22.9 Å². The smallest absolute Gasteiger partial charge is 0.0620 e. The molecule has 0 aliphatic rings. The van der Waals surface area contributed by atoms with Crippen molar-refractivity contribution in [3.05, 3.63) is 68.7 Å². The van der Waals surface area contributed by atoms with E-state index in [4.69, 9.17) is 23.2 Å². The Hall–Kier alpha value is -1.02. The summed E-state index contributed by atoms with van der Waals surface area (Å²) < 4.78 is 0. The first-order valence-corrected chi connectivity index (χ1v) is 7.39. The van der Waals surface area contributed by atoms with Gasteiger partial charge in [0.15, 0.2) is 0 Å². The van der Waals surface area contributed by atoms with E-state index in [1.165, 1.54) is 11.1 Å². The molecule has 0 amide bonds. The third-order valence-corrected chi connectivity index (χ3v) is 4.24. The molecule has 1 atom stereocenters. The Morgan fingerprint density at radius 3 is 2.05 bits per heavy atom. The summed E-state index contributed by atoms with van der Waals surface area (Å²) in [6.45, 7) is 4.18. The molecule has 0 saturated heterocycles. The van der Waals surface area contributed by atoms with E-state index in [1.54, 1.807) is 6.07 Å². The molecule has 0 radical (unpaired) electrons. The van der Waals surface area contributed by atoms with E-state index >= 15 is 0 Å². The van der Waals surface area contributed by atoms with Crippen LogP contribution in [0.2, 0.25) is 10.0 Å². The maximum atomic E-state index is 10.2. The van der Waals surface area contributed by atoms with E-state index in [0.717, 1.165) is 11.1 Å². The summed E-state index contributed by atoms with van der Waals surface area (Å²) in [5.41, 5.74) is 4.67. The minimum atomic E-state index is -0.422. The van der Waals surface area contributed by atoms with Crippen LogP contribution in [0.15, 0.2) is 36.4 Å². The summed E-state index contributed by atoms with van der Waals surface area (Å²) in [4.78, 5) is 0. The average molecular weight is 309 g/mol. The van der Waals surface area contributed by atoms with Crippen molar-refractivity contribution >= 4 is 23.2 Å². The predicted molar refractivity (Wildman–Crippen MR) is 85.8 cm³/mol. The largest absolute Gasteiger partial charge is 0.392 e. The topological polar surface area (TPSA) is 20.2 Å². The van der Waals surface area contributed by atoms with Crippen LogP contribution in [-0.4, -0.2) is 11.2 Å². The molecular formula is C17H18Cl2O. The maximum absolute atomic E-state index is 10.2. The number of aliphatic hydroxyl groups excluding tert-OH is 1. The molecule has 20 heavy (non-hydrogen) atoms. The molecule has 1 nitrogen and oxygen atoms in total. The number of halogens is 2. The molecule has 2 aromatic carbocycles. The normalized spacial score (nSPS) is 12.4. The van der Waals surface area contributed by atoms with Crippen molar-refractivity contribution < 1.29 is 5.11 Å². The van der Waals surface area contributed by atoms with Crippen molar-refractivity contribution in [2.45, 2.75) is 32.8 Å². The highest BCUT2D eigenvalue weighted by atomic mass is 35.5. The summed E-state index contributed by atoms with van der Waals surface area (Å²) in [5, 5.41) is 11.3. The molecule has 0 aliphatic heterocycles. The third-order valence-electron chi connectivity index (χ3n) is 3.50. The van der Waals surface area contributed by atoms with Gasteiger partial charge in [-0.1, -0.05) is 47.5 Å². The quantitative estimate of drug-likeness (QED) is 0.863. The summed E-state index contributed by atoms with van der Waals surface area (Å²) in [5.74, 6) is 0. The van der Waals surface area contributed by atoms with E-state index in [2.05, 4.69) is 32.0 Å². The second-order valence-corrected chi connectivity index (χ2v) is 6.04. The van der Waals surface area contributed by atoms with Crippen LogP contribution in [0, 0.1) is 13.8 Å². The van der Waals surface area contributed by atoms with E-state index < -0.39 is 6.10 Å². The van der Waals surface area contributed by atoms with Gasteiger partial charge >= 0.3 is 0 Å². The molecule has 106 valence electrons. The zero-order valence-electron chi connectivity index (χ0n) is 11.7. The van der Waals surface area contributed by atoms with Gasteiger partial charge in [0.2, 0.25) is 0 Å². The standard InChI is InChI=1S/C17H18Cl2O/c1-11-3-4-13(7-12(11)2)8-15(20)9-14-5-6-16(18)17(19)10-14/h3-7,10,15,20H,8-9H2,1-2H3. The molecule has 0 aromatic heterocycles. The fraction of sp³-hybridized carbons (Fsp3) is 0.294. The molecule has 0 bridgehead atoms. The molecule has 0 saturated carbocycles. The Morgan fingerprint density at radius 2 is 1.45 bits per heavy atom. The van der Waals surface area contributed by atoms with Gasteiger partial charge in [-0.15, -0.1) is 0 Å². The van der Waals surface area contributed by atoms with E-state index in [-0.39, 0.29) is 0 Å². The van der Waals surface area contributed by atoms with Gasteiger partial charge in [-0.3, -0.25) is 0 Å². The molecule has 0 aliphatic carbocycles. The molecular weight excluding hydrogens is 291 g/mol. The van der Waals surface area contributed by atoms with Gasteiger partial charge in [0, 0.05) is 0 Å². The molecule has 0 fully saturated rings. The Kier molecular flexibility index (Phi) is 5.09. The lowest BCUT2D eigenvalue weighted by atomic mass is 9.98. The lowest BCUT2D eigenvalue weighted by molar-refractivity contribution is 0.175. The number of rotatable bonds is 4. The fourth-order valence-electron chi connectivity index (χ4n) is 2.21. The zero-order valence-corrected chi connectivity index (χ0v) is 13.2. The number of aryl methyl sites for hydroxylation is 2. The monoisotopic (exact) mass is 308 g/mol. The van der Waals surface area contributed by atoms with Crippen LogP contribution in [0.25, 0.3) is 0 Å². The van der Waals surface area contributed by atoms with Crippen molar-refractivity contribution in [2.24, 2.45) is 0 Å². The lowest BCUT2D eigenvalue weighted by Crippen LogP contribution is -2.14. The van der Waals surface area contributed by atoms with Gasteiger partial charge in [0.1, 0.15) is 0 Å². The minimum Gasteiger partial charge on any atom is -0.392 e. The second-order valence-electron chi connectivity index (χ2n) is 5.23. The van der Waals surface area contributed by atoms with Gasteiger partial charge in [0.05, 0.1) is 16.1 Å². The van der Waals surface area contributed by atoms with Gasteiger partial charge in [-0.2, -0.15) is 0 Å². The molecule has 1 unspecified atom stereocenters. The minimum absolute atomic E-state index is 0.422. The van der Waals surface area contributed by atoms with Crippen molar-refractivity contribution in [2.75, 3.05) is 0 Å². The molecule has 0 spiro atoms. The first kappa shape index (κ1) is 15.4. The van der Waals surface area contributed by atoms with Gasteiger partial charge in [-0.05, 0) is 61.1 Å². The number of hydrogen-bond donors (Lipinski definition) is 1. The van der Waals surface area contributed by atoms with E-state index in [1.807, 2.05) is 12.1 Å². The van der Waals surface area contributed by atoms with E-state index in [9.17, 15) is 5.11 Å². The lowest BCUT2D eigenvalue weighted by Gasteiger charge is -2.12. The van der Waals surface area contributed by atoms with Gasteiger partial charge < -0.3 is 5.11 Å². The zero-order chi connectivity index (χ0) is 14.7. The highest BCUT2D eigenvalue weighted by molar-refractivity contribution is 6.42. The number of aliphatic hydroxyl groups is 1. The fourth-order valence-corrected chi connectivity index (χ4v) is 2.53. The van der Waals surface area contributed by atoms with Crippen LogP contribution >= 0.6 is 23.2 Å². The second kappa shape index (κ2) is 6.62. The molecule has 3 heteroatoms. The summed E-state index contributed by atoms with van der Waals surface area (Å²) >= 11 is 11.9. The van der Waals surface area contributed by atoms with Crippen LogP contribution in [-0.2, 0) is 12.8 Å². The first-order chi connectivity index (χ1) is 9.45.